The lowest BCUT2D eigenvalue weighted by atomic mass is 10.0. The van der Waals surface area contributed by atoms with Crippen LogP contribution >= 0.6 is 11.8 Å². The Bertz CT molecular complexity index is 212. The number of hydrogen-bond acceptors (Lipinski definition) is 3. The molecule has 0 aromatic rings. The highest BCUT2D eigenvalue weighted by molar-refractivity contribution is 7.99. The van der Waals surface area contributed by atoms with Crippen molar-refractivity contribution in [1.82, 2.24) is 5.32 Å². The highest BCUT2D eigenvalue weighted by Crippen LogP contribution is 2.12. The molecule has 1 saturated heterocycles. The highest BCUT2D eigenvalue weighted by atomic mass is 32.2. The van der Waals surface area contributed by atoms with Gasteiger partial charge in [-0.2, -0.15) is 11.8 Å². The van der Waals surface area contributed by atoms with E-state index in [1.165, 1.54) is 12.2 Å². The van der Waals surface area contributed by atoms with E-state index >= 15 is 0 Å². The van der Waals surface area contributed by atoms with E-state index in [-0.39, 0.29) is 0 Å². The fourth-order valence-electron chi connectivity index (χ4n) is 1.92. The van der Waals surface area contributed by atoms with Crippen molar-refractivity contribution in [3.63, 3.8) is 0 Å². The first kappa shape index (κ1) is 13.8. The van der Waals surface area contributed by atoms with Crippen LogP contribution in [0.15, 0.2) is 12.7 Å². The molecule has 1 N–H and O–H groups in total. The second kappa shape index (κ2) is 8.82. The summed E-state index contributed by atoms with van der Waals surface area (Å²) in [6.45, 7) is 4.75. The quantitative estimate of drug-likeness (QED) is 0.523. The van der Waals surface area contributed by atoms with E-state index in [9.17, 15) is 4.79 Å². The van der Waals surface area contributed by atoms with Crippen LogP contribution in [0.25, 0.3) is 0 Å². The summed E-state index contributed by atoms with van der Waals surface area (Å²) in [5, 5.41) is 3.41. The Kier molecular flexibility index (Phi) is 7.60. The Balaban J connectivity index is 1.99. The average molecular weight is 241 g/mol. The zero-order valence-electron chi connectivity index (χ0n) is 10.0. The van der Waals surface area contributed by atoms with Crippen LogP contribution in [-0.4, -0.2) is 29.9 Å². The topological polar surface area (TPSA) is 29.1 Å². The van der Waals surface area contributed by atoms with Gasteiger partial charge in [-0.25, -0.2) is 0 Å². The third-order valence-corrected chi connectivity index (χ3v) is 3.97. The molecule has 0 aliphatic carbocycles. The van der Waals surface area contributed by atoms with Crippen LogP contribution in [0.1, 0.15) is 38.5 Å². The minimum Gasteiger partial charge on any atom is -0.312 e. The van der Waals surface area contributed by atoms with Crippen LogP contribution in [0, 0.1) is 0 Å². The molecule has 0 aromatic carbocycles. The zero-order valence-corrected chi connectivity index (χ0v) is 10.9. The molecular formula is C13H23NOS. The van der Waals surface area contributed by atoms with Crippen molar-refractivity contribution in [3.05, 3.63) is 12.7 Å². The van der Waals surface area contributed by atoms with E-state index in [4.69, 9.17) is 0 Å². The van der Waals surface area contributed by atoms with Gasteiger partial charge >= 0.3 is 0 Å². The molecule has 16 heavy (non-hydrogen) atoms. The summed E-state index contributed by atoms with van der Waals surface area (Å²) in [6, 6.07) is 0.430. The molecule has 0 spiro atoms. The summed E-state index contributed by atoms with van der Waals surface area (Å²) in [4.78, 5) is 11.7. The number of nitrogens with one attached hydrogen (secondary N) is 1. The van der Waals surface area contributed by atoms with Crippen LogP contribution in [0.4, 0.5) is 0 Å². The van der Waals surface area contributed by atoms with Gasteiger partial charge in [0.1, 0.15) is 5.78 Å². The average Bonchev–Trinajstić information content (AvgIpc) is 2.30. The van der Waals surface area contributed by atoms with Crippen molar-refractivity contribution >= 4 is 17.5 Å². The molecule has 0 saturated carbocycles. The van der Waals surface area contributed by atoms with Crippen LogP contribution in [0.5, 0.6) is 0 Å². The number of ketones is 1. The zero-order chi connectivity index (χ0) is 11.6. The molecule has 1 aliphatic rings. The number of carbonyl (C=O) groups is 1. The Labute approximate surface area is 103 Å². The van der Waals surface area contributed by atoms with Crippen molar-refractivity contribution in [3.8, 4) is 0 Å². The van der Waals surface area contributed by atoms with Crippen molar-refractivity contribution in [1.29, 1.82) is 0 Å². The van der Waals surface area contributed by atoms with Crippen LogP contribution in [0.2, 0.25) is 0 Å². The largest absolute Gasteiger partial charge is 0.312 e. The molecule has 0 bridgehead atoms. The molecule has 0 radical (unpaired) electrons. The first-order valence-electron chi connectivity index (χ1n) is 6.26. The SMILES string of the molecule is C=CCCCCCC(=O)CC1CSCCN1. The third kappa shape index (κ3) is 6.33. The van der Waals surface area contributed by atoms with E-state index in [1.54, 1.807) is 0 Å². The van der Waals surface area contributed by atoms with Gasteiger partial charge in [0.15, 0.2) is 0 Å². The minimum absolute atomic E-state index is 0.429. The maximum Gasteiger partial charge on any atom is 0.134 e. The normalized spacial score (nSPS) is 20.6. The van der Waals surface area contributed by atoms with E-state index in [2.05, 4.69) is 11.9 Å². The number of hydrogen-bond donors (Lipinski definition) is 1. The molecule has 2 nitrogen and oxygen atoms in total. The molecular weight excluding hydrogens is 218 g/mol. The number of Topliss-reactive ketones (excluding diaryl/α,β-unsaturated/α-hetero) is 1. The van der Waals surface area contributed by atoms with Gasteiger partial charge in [-0.05, 0) is 19.3 Å². The Hall–Kier alpha value is -0.280. The van der Waals surface area contributed by atoms with Gasteiger partial charge in [-0.1, -0.05) is 12.5 Å². The van der Waals surface area contributed by atoms with Crippen molar-refractivity contribution < 1.29 is 4.79 Å². The fraction of sp³-hybridized carbons (Fsp3) is 0.769. The lowest BCUT2D eigenvalue weighted by molar-refractivity contribution is -0.119. The van der Waals surface area contributed by atoms with Gasteiger partial charge in [-0.15, -0.1) is 6.58 Å². The fourth-order valence-corrected chi connectivity index (χ4v) is 2.86. The van der Waals surface area contributed by atoms with Gasteiger partial charge in [0.05, 0.1) is 0 Å². The summed E-state index contributed by atoms with van der Waals surface area (Å²) in [6.07, 6.45) is 7.90. The number of unbranched alkanes of at least 4 members (excludes halogenated alkanes) is 3. The predicted octanol–water partition coefficient (Wildman–Crippen LogP) is 2.79. The molecule has 0 amide bonds. The molecule has 92 valence electrons. The molecule has 1 aliphatic heterocycles. The van der Waals surface area contributed by atoms with E-state index < -0.39 is 0 Å². The van der Waals surface area contributed by atoms with Gasteiger partial charge < -0.3 is 5.32 Å². The van der Waals surface area contributed by atoms with E-state index in [0.29, 0.717) is 11.8 Å². The van der Waals surface area contributed by atoms with Gasteiger partial charge in [-0.3, -0.25) is 4.79 Å². The summed E-state index contributed by atoms with van der Waals surface area (Å²) in [7, 11) is 0. The second-order valence-electron chi connectivity index (χ2n) is 4.36. The molecule has 1 rings (SSSR count). The molecule has 0 aromatic heterocycles. The number of carbonyl (C=O) groups excluding carboxylic acids is 1. The molecule has 1 fully saturated rings. The Morgan fingerprint density at radius 2 is 2.31 bits per heavy atom. The van der Waals surface area contributed by atoms with Gasteiger partial charge in [0.2, 0.25) is 0 Å². The Morgan fingerprint density at radius 1 is 1.44 bits per heavy atom. The highest BCUT2D eigenvalue weighted by Gasteiger charge is 2.15. The smallest absolute Gasteiger partial charge is 0.134 e. The summed E-state index contributed by atoms with van der Waals surface area (Å²) in [5.41, 5.74) is 0. The molecule has 3 heteroatoms. The predicted molar refractivity (Wildman–Crippen MR) is 72.0 cm³/mol. The first-order valence-corrected chi connectivity index (χ1v) is 7.42. The van der Waals surface area contributed by atoms with E-state index in [0.717, 1.165) is 44.4 Å². The summed E-state index contributed by atoms with van der Waals surface area (Å²) >= 11 is 1.95. The Morgan fingerprint density at radius 3 is 3.00 bits per heavy atom. The van der Waals surface area contributed by atoms with Crippen molar-refractivity contribution in [2.45, 2.75) is 44.6 Å². The lowest BCUT2D eigenvalue weighted by Gasteiger charge is -2.22. The van der Waals surface area contributed by atoms with Gasteiger partial charge in [0.25, 0.3) is 0 Å². The lowest BCUT2D eigenvalue weighted by Crippen LogP contribution is -2.38. The number of allylic oxidation sites excluding steroid dienone is 1. The molecule has 1 atom stereocenters. The molecule has 1 unspecified atom stereocenters. The number of rotatable bonds is 8. The minimum atomic E-state index is 0.429. The summed E-state index contributed by atoms with van der Waals surface area (Å²) in [5.74, 6) is 2.72. The van der Waals surface area contributed by atoms with Crippen LogP contribution in [-0.2, 0) is 4.79 Å². The van der Waals surface area contributed by atoms with Crippen molar-refractivity contribution in [2.75, 3.05) is 18.1 Å². The van der Waals surface area contributed by atoms with E-state index in [1.807, 2.05) is 17.8 Å². The van der Waals surface area contributed by atoms with Crippen LogP contribution < -0.4 is 5.32 Å². The third-order valence-electron chi connectivity index (χ3n) is 2.84. The first-order chi connectivity index (χ1) is 7.83. The maximum atomic E-state index is 11.7. The maximum absolute atomic E-state index is 11.7. The van der Waals surface area contributed by atoms with Crippen LogP contribution in [0.3, 0.4) is 0 Å². The second-order valence-corrected chi connectivity index (χ2v) is 5.51. The summed E-state index contributed by atoms with van der Waals surface area (Å²) < 4.78 is 0. The van der Waals surface area contributed by atoms with Gasteiger partial charge in [0, 0.05) is 36.9 Å². The monoisotopic (exact) mass is 241 g/mol. The molecule has 1 heterocycles. The standard InChI is InChI=1S/C13H23NOS/c1-2-3-4-5-6-7-13(15)10-12-11-16-9-8-14-12/h2,12,14H,1,3-11H2. The number of thioether (sulfide) groups is 1. The van der Waals surface area contributed by atoms with Crippen molar-refractivity contribution in [2.24, 2.45) is 0 Å².